The van der Waals surface area contributed by atoms with Crippen LogP contribution in [0.15, 0.2) is 6.20 Å². The number of carbonyl (C=O) groups is 1. The van der Waals surface area contributed by atoms with Crippen molar-refractivity contribution in [1.29, 1.82) is 0 Å². The molecule has 21 heavy (non-hydrogen) atoms. The number of carboxylic acids is 1. The molecule has 1 unspecified atom stereocenters. The molecule has 1 atom stereocenters. The van der Waals surface area contributed by atoms with Crippen molar-refractivity contribution in [1.82, 2.24) is 9.88 Å². The maximum absolute atomic E-state index is 10.9. The molecular formula is C15H24N2O3S. The van der Waals surface area contributed by atoms with Gasteiger partial charge in [0.1, 0.15) is 0 Å². The highest BCUT2D eigenvalue weighted by Gasteiger charge is 2.36. The van der Waals surface area contributed by atoms with E-state index in [1.807, 2.05) is 6.20 Å². The molecule has 118 valence electrons. The molecule has 6 heteroatoms. The summed E-state index contributed by atoms with van der Waals surface area (Å²) in [6, 6.07) is 0. The van der Waals surface area contributed by atoms with Crippen molar-refractivity contribution in [3.63, 3.8) is 0 Å². The molecule has 5 nitrogen and oxygen atoms in total. The number of hydrogen-bond donors (Lipinski definition) is 1. The lowest BCUT2D eigenvalue weighted by molar-refractivity contribution is -0.147. The summed E-state index contributed by atoms with van der Waals surface area (Å²) in [5.74, 6) is -0.360. The van der Waals surface area contributed by atoms with Gasteiger partial charge in [0.25, 0.3) is 0 Å². The lowest BCUT2D eigenvalue weighted by atomic mass is 10.00. The zero-order valence-corrected chi connectivity index (χ0v) is 13.9. The summed E-state index contributed by atoms with van der Waals surface area (Å²) in [4.78, 5) is 18.9. The number of aromatic nitrogens is 1. The second kappa shape index (κ2) is 6.42. The van der Waals surface area contributed by atoms with Gasteiger partial charge in [0.05, 0.1) is 24.1 Å². The first-order chi connectivity index (χ1) is 9.78. The minimum absolute atomic E-state index is 0.0620. The summed E-state index contributed by atoms with van der Waals surface area (Å²) in [6.07, 6.45) is 1.78. The van der Waals surface area contributed by atoms with Crippen LogP contribution in [-0.2, 0) is 16.1 Å². The Morgan fingerprint density at radius 3 is 2.90 bits per heavy atom. The van der Waals surface area contributed by atoms with Crippen molar-refractivity contribution in [2.75, 3.05) is 13.2 Å². The summed E-state index contributed by atoms with van der Waals surface area (Å²) in [5.41, 5.74) is -0.0863. The summed E-state index contributed by atoms with van der Waals surface area (Å²) in [5, 5.41) is 10.1. The van der Waals surface area contributed by atoms with Gasteiger partial charge in [-0.1, -0.05) is 13.8 Å². The fourth-order valence-corrected chi connectivity index (χ4v) is 3.34. The van der Waals surface area contributed by atoms with E-state index in [-0.39, 0.29) is 18.1 Å². The SMILES string of the molecule is CC(C)c1ncc(CN2CC(CC(=O)O)OCC2(C)C)s1. The Balaban J connectivity index is 2.05. The third-order valence-corrected chi connectivity index (χ3v) is 5.05. The van der Waals surface area contributed by atoms with Crippen LogP contribution in [0.25, 0.3) is 0 Å². The number of hydrogen-bond acceptors (Lipinski definition) is 5. The molecule has 0 saturated carbocycles. The molecule has 1 aliphatic heterocycles. The van der Waals surface area contributed by atoms with Crippen LogP contribution in [0.2, 0.25) is 0 Å². The largest absolute Gasteiger partial charge is 0.481 e. The van der Waals surface area contributed by atoms with E-state index in [0.717, 1.165) is 11.6 Å². The first-order valence-corrected chi connectivity index (χ1v) is 8.12. The van der Waals surface area contributed by atoms with E-state index in [1.165, 1.54) is 4.88 Å². The molecule has 2 rings (SSSR count). The quantitative estimate of drug-likeness (QED) is 0.906. The van der Waals surface area contributed by atoms with Crippen molar-refractivity contribution in [3.8, 4) is 0 Å². The Bertz CT molecular complexity index is 499. The Morgan fingerprint density at radius 1 is 1.62 bits per heavy atom. The van der Waals surface area contributed by atoms with E-state index >= 15 is 0 Å². The molecule has 1 aromatic rings. The summed E-state index contributed by atoms with van der Waals surface area (Å²) in [7, 11) is 0. The van der Waals surface area contributed by atoms with Crippen LogP contribution in [0.4, 0.5) is 0 Å². The van der Waals surface area contributed by atoms with Crippen molar-refractivity contribution in [2.24, 2.45) is 0 Å². The Kier molecular flexibility index (Phi) is 5.01. The molecule has 0 aromatic carbocycles. The van der Waals surface area contributed by atoms with E-state index in [4.69, 9.17) is 9.84 Å². The van der Waals surface area contributed by atoms with Gasteiger partial charge < -0.3 is 9.84 Å². The van der Waals surface area contributed by atoms with Gasteiger partial charge in [-0.25, -0.2) is 4.98 Å². The first kappa shape index (κ1) is 16.4. The molecule has 0 amide bonds. The lowest BCUT2D eigenvalue weighted by Crippen LogP contribution is -2.55. The molecule has 0 radical (unpaired) electrons. The highest BCUT2D eigenvalue weighted by Crippen LogP contribution is 2.28. The van der Waals surface area contributed by atoms with Crippen molar-refractivity contribution in [3.05, 3.63) is 16.1 Å². The van der Waals surface area contributed by atoms with E-state index in [1.54, 1.807) is 11.3 Å². The van der Waals surface area contributed by atoms with Gasteiger partial charge in [0, 0.05) is 35.6 Å². The predicted octanol–water partition coefficient (Wildman–Crippen LogP) is 2.72. The third kappa shape index (κ3) is 4.25. The van der Waals surface area contributed by atoms with E-state index < -0.39 is 5.97 Å². The molecule has 2 heterocycles. The van der Waals surface area contributed by atoms with Crippen LogP contribution < -0.4 is 0 Å². The molecule has 1 fully saturated rings. The lowest BCUT2D eigenvalue weighted by Gasteiger charge is -2.45. The van der Waals surface area contributed by atoms with Gasteiger partial charge in [0.2, 0.25) is 0 Å². The van der Waals surface area contributed by atoms with Crippen LogP contribution in [0.5, 0.6) is 0 Å². The maximum atomic E-state index is 10.9. The minimum atomic E-state index is -0.806. The smallest absolute Gasteiger partial charge is 0.306 e. The Labute approximate surface area is 129 Å². The average molecular weight is 312 g/mol. The van der Waals surface area contributed by atoms with Crippen LogP contribution in [0, 0.1) is 0 Å². The first-order valence-electron chi connectivity index (χ1n) is 7.31. The van der Waals surface area contributed by atoms with Gasteiger partial charge in [-0.2, -0.15) is 0 Å². The molecular weight excluding hydrogens is 288 g/mol. The predicted molar refractivity (Wildman–Crippen MR) is 82.7 cm³/mol. The van der Waals surface area contributed by atoms with Crippen molar-refractivity contribution < 1.29 is 14.6 Å². The highest BCUT2D eigenvalue weighted by molar-refractivity contribution is 7.11. The third-order valence-electron chi connectivity index (χ3n) is 3.77. The van der Waals surface area contributed by atoms with E-state index in [0.29, 0.717) is 19.1 Å². The number of carboxylic acid groups (broad SMARTS) is 1. The Hall–Kier alpha value is -0.980. The van der Waals surface area contributed by atoms with Gasteiger partial charge in [0.15, 0.2) is 0 Å². The fourth-order valence-electron chi connectivity index (χ4n) is 2.41. The zero-order valence-electron chi connectivity index (χ0n) is 13.1. The fraction of sp³-hybridized carbons (Fsp3) is 0.733. The van der Waals surface area contributed by atoms with Crippen LogP contribution in [0.1, 0.15) is 49.9 Å². The summed E-state index contributed by atoms with van der Waals surface area (Å²) < 4.78 is 5.68. The number of ether oxygens (including phenoxy) is 1. The second-order valence-corrected chi connectivity index (χ2v) is 7.69. The number of thiazole rings is 1. The zero-order chi connectivity index (χ0) is 15.6. The molecule has 0 aliphatic carbocycles. The van der Waals surface area contributed by atoms with E-state index in [9.17, 15) is 4.79 Å². The van der Waals surface area contributed by atoms with Gasteiger partial charge >= 0.3 is 5.97 Å². The van der Waals surface area contributed by atoms with Gasteiger partial charge in [-0.3, -0.25) is 9.69 Å². The van der Waals surface area contributed by atoms with Gasteiger partial charge in [-0.05, 0) is 13.8 Å². The average Bonchev–Trinajstić information content (AvgIpc) is 2.82. The summed E-state index contributed by atoms with van der Waals surface area (Å²) in [6.45, 7) is 10.6. The number of rotatable bonds is 5. The Morgan fingerprint density at radius 2 is 2.33 bits per heavy atom. The molecule has 1 saturated heterocycles. The molecule has 1 aromatic heterocycles. The minimum Gasteiger partial charge on any atom is -0.481 e. The standard InChI is InChI=1S/C15H24N2O3S/c1-10(2)14-16-6-12(21-14)8-17-7-11(5-13(18)19)20-9-15(17,3)4/h6,10-11H,5,7-9H2,1-4H3,(H,18,19). The number of morpholine rings is 1. The van der Waals surface area contributed by atoms with Crippen LogP contribution in [0.3, 0.4) is 0 Å². The second-order valence-electron chi connectivity index (χ2n) is 6.54. The van der Waals surface area contributed by atoms with Crippen LogP contribution in [-0.4, -0.2) is 45.8 Å². The normalized spacial score (nSPS) is 22.6. The topological polar surface area (TPSA) is 62.7 Å². The highest BCUT2D eigenvalue weighted by atomic mass is 32.1. The number of nitrogens with zero attached hydrogens (tertiary/aromatic N) is 2. The molecule has 0 spiro atoms. The number of aliphatic carboxylic acids is 1. The van der Waals surface area contributed by atoms with E-state index in [2.05, 4.69) is 37.6 Å². The van der Waals surface area contributed by atoms with Crippen molar-refractivity contribution in [2.45, 2.75) is 58.2 Å². The summed E-state index contributed by atoms with van der Waals surface area (Å²) >= 11 is 1.74. The monoisotopic (exact) mass is 312 g/mol. The van der Waals surface area contributed by atoms with Crippen molar-refractivity contribution >= 4 is 17.3 Å². The molecule has 0 bridgehead atoms. The van der Waals surface area contributed by atoms with Gasteiger partial charge in [-0.15, -0.1) is 11.3 Å². The molecule has 1 N–H and O–H groups in total. The molecule has 1 aliphatic rings. The maximum Gasteiger partial charge on any atom is 0.306 e. The van der Waals surface area contributed by atoms with Crippen LogP contribution >= 0.6 is 11.3 Å².